The molecule has 1 saturated heterocycles. The lowest BCUT2D eigenvalue weighted by molar-refractivity contribution is -0.121. The molecule has 4 heterocycles. The Morgan fingerprint density at radius 3 is 2.67 bits per heavy atom. The lowest BCUT2D eigenvalue weighted by atomic mass is 9.95. The molecule has 3 aromatic heterocycles. The summed E-state index contributed by atoms with van der Waals surface area (Å²) in [5.41, 5.74) is 3.32. The van der Waals surface area contributed by atoms with Crippen LogP contribution in [0.1, 0.15) is 41.5 Å². The van der Waals surface area contributed by atoms with Crippen LogP contribution < -0.4 is 5.32 Å². The van der Waals surface area contributed by atoms with Crippen LogP contribution in [-0.2, 0) is 11.3 Å². The maximum absolute atomic E-state index is 13.1. The summed E-state index contributed by atoms with van der Waals surface area (Å²) in [4.78, 5) is 32.0. The number of aromatic nitrogens is 4. The second kappa shape index (κ2) is 8.43. The fraction of sp³-hybridized carbons (Fsp3) is 0.429. The zero-order valence-corrected chi connectivity index (χ0v) is 18.3. The first-order valence-electron chi connectivity index (χ1n) is 10.2. The fourth-order valence-corrected chi connectivity index (χ4v) is 4.71. The molecule has 30 heavy (non-hydrogen) atoms. The molecule has 1 aliphatic rings. The van der Waals surface area contributed by atoms with Crippen molar-refractivity contribution in [2.75, 3.05) is 18.4 Å². The van der Waals surface area contributed by atoms with Gasteiger partial charge >= 0.3 is 0 Å². The standard InChI is InChI=1S/C21H26N6O2S/c1-4-26-13-17(12-23-26)24-19(28)16-5-8-25(9-6-16)20(29)18-11-14(2)27(15(18)3)21-22-7-10-30-21/h7,10-13,16H,4-6,8-9H2,1-3H3,(H,24,28). The summed E-state index contributed by atoms with van der Waals surface area (Å²) in [7, 11) is 0. The molecule has 4 rings (SSSR count). The molecule has 0 saturated carbocycles. The van der Waals surface area contributed by atoms with Gasteiger partial charge in [0.1, 0.15) is 0 Å². The third kappa shape index (κ3) is 3.89. The van der Waals surface area contributed by atoms with Gasteiger partial charge in [-0.3, -0.25) is 18.8 Å². The van der Waals surface area contributed by atoms with Gasteiger partial charge in [0.05, 0.1) is 17.4 Å². The average Bonchev–Trinajstić information content (AvgIpc) is 3.48. The molecule has 1 fully saturated rings. The van der Waals surface area contributed by atoms with E-state index in [-0.39, 0.29) is 17.7 Å². The van der Waals surface area contributed by atoms with Crippen molar-refractivity contribution in [2.45, 2.75) is 40.2 Å². The van der Waals surface area contributed by atoms with Crippen LogP contribution >= 0.6 is 11.3 Å². The summed E-state index contributed by atoms with van der Waals surface area (Å²) in [6.07, 6.45) is 6.58. The Hall–Kier alpha value is -2.94. The second-order valence-corrected chi connectivity index (χ2v) is 8.45. The Bertz CT molecular complexity index is 1040. The number of hydrogen-bond donors (Lipinski definition) is 1. The topological polar surface area (TPSA) is 85.0 Å². The van der Waals surface area contributed by atoms with Crippen molar-refractivity contribution < 1.29 is 9.59 Å². The number of thiazole rings is 1. The minimum absolute atomic E-state index is 0.000278. The van der Waals surface area contributed by atoms with Crippen LogP contribution in [0.5, 0.6) is 0 Å². The van der Waals surface area contributed by atoms with E-state index in [2.05, 4.69) is 15.4 Å². The molecule has 0 spiro atoms. The number of nitrogens with one attached hydrogen (secondary N) is 1. The van der Waals surface area contributed by atoms with Crippen LogP contribution in [0.25, 0.3) is 5.13 Å². The molecule has 3 aromatic rings. The van der Waals surface area contributed by atoms with Crippen molar-refractivity contribution in [3.8, 4) is 5.13 Å². The minimum atomic E-state index is -0.0956. The highest BCUT2D eigenvalue weighted by atomic mass is 32.1. The van der Waals surface area contributed by atoms with Crippen molar-refractivity contribution in [3.05, 3.63) is 47.0 Å². The Morgan fingerprint density at radius 1 is 1.27 bits per heavy atom. The largest absolute Gasteiger partial charge is 0.339 e. The van der Waals surface area contributed by atoms with Gasteiger partial charge in [0.25, 0.3) is 5.91 Å². The van der Waals surface area contributed by atoms with Crippen molar-refractivity contribution in [2.24, 2.45) is 5.92 Å². The molecular formula is C21H26N6O2S. The number of carbonyl (C=O) groups is 2. The van der Waals surface area contributed by atoms with E-state index in [9.17, 15) is 9.59 Å². The maximum Gasteiger partial charge on any atom is 0.255 e. The van der Waals surface area contributed by atoms with Crippen molar-refractivity contribution in [1.29, 1.82) is 0 Å². The van der Waals surface area contributed by atoms with Gasteiger partial charge in [0.2, 0.25) is 5.91 Å². The van der Waals surface area contributed by atoms with Crippen LogP contribution in [0.4, 0.5) is 5.69 Å². The highest BCUT2D eigenvalue weighted by molar-refractivity contribution is 7.12. The predicted octanol–water partition coefficient (Wildman–Crippen LogP) is 3.26. The first kappa shape index (κ1) is 20.3. The van der Waals surface area contributed by atoms with E-state index in [0.717, 1.165) is 28.8 Å². The summed E-state index contributed by atoms with van der Waals surface area (Å²) >= 11 is 1.55. The zero-order chi connectivity index (χ0) is 21.3. The average molecular weight is 427 g/mol. The summed E-state index contributed by atoms with van der Waals surface area (Å²) in [5.74, 6) is -0.0736. The van der Waals surface area contributed by atoms with Crippen molar-refractivity contribution >= 4 is 28.8 Å². The van der Waals surface area contributed by atoms with Crippen LogP contribution in [0.15, 0.2) is 30.0 Å². The van der Waals surface area contributed by atoms with Crippen molar-refractivity contribution in [3.63, 3.8) is 0 Å². The van der Waals surface area contributed by atoms with Gasteiger partial charge in [-0.05, 0) is 39.7 Å². The molecule has 0 radical (unpaired) electrons. The fourth-order valence-electron chi connectivity index (χ4n) is 3.96. The van der Waals surface area contributed by atoms with E-state index in [1.54, 1.807) is 28.4 Å². The number of likely N-dealkylation sites (tertiary alicyclic amines) is 1. The van der Waals surface area contributed by atoms with Gasteiger partial charge in [0, 0.05) is 54.7 Å². The first-order valence-corrected chi connectivity index (χ1v) is 11.1. The number of piperidine rings is 1. The minimum Gasteiger partial charge on any atom is -0.339 e. The van der Waals surface area contributed by atoms with Gasteiger partial charge in [0.15, 0.2) is 5.13 Å². The lowest BCUT2D eigenvalue weighted by Crippen LogP contribution is -2.41. The Balaban J connectivity index is 1.39. The summed E-state index contributed by atoms with van der Waals surface area (Å²) in [6.45, 7) is 7.86. The van der Waals surface area contributed by atoms with Gasteiger partial charge in [-0.1, -0.05) is 0 Å². The van der Waals surface area contributed by atoms with Gasteiger partial charge < -0.3 is 10.2 Å². The van der Waals surface area contributed by atoms with Crippen LogP contribution in [0.2, 0.25) is 0 Å². The number of nitrogens with zero attached hydrogens (tertiary/aromatic N) is 5. The van der Waals surface area contributed by atoms with E-state index in [1.807, 2.05) is 47.9 Å². The summed E-state index contributed by atoms with van der Waals surface area (Å²) in [5, 5.41) is 9.92. The smallest absolute Gasteiger partial charge is 0.255 e. The van der Waals surface area contributed by atoms with Crippen LogP contribution in [0.3, 0.4) is 0 Å². The molecule has 9 heteroatoms. The van der Waals surface area contributed by atoms with E-state index < -0.39 is 0 Å². The highest BCUT2D eigenvalue weighted by Crippen LogP contribution is 2.26. The van der Waals surface area contributed by atoms with Gasteiger partial charge in [-0.15, -0.1) is 11.3 Å². The number of anilines is 1. The molecule has 158 valence electrons. The lowest BCUT2D eigenvalue weighted by Gasteiger charge is -2.31. The van der Waals surface area contributed by atoms with E-state index in [4.69, 9.17) is 0 Å². The van der Waals surface area contributed by atoms with Crippen LogP contribution in [-0.4, -0.2) is 49.1 Å². The highest BCUT2D eigenvalue weighted by Gasteiger charge is 2.29. The summed E-state index contributed by atoms with van der Waals surface area (Å²) in [6, 6.07) is 1.93. The number of rotatable bonds is 5. The molecule has 0 bridgehead atoms. The monoisotopic (exact) mass is 426 g/mol. The second-order valence-electron chi connectivity index (χ2n) is 7.58. The van der Waals surface area contributed by atoms with E-state index in [1.165, 1.54) is 0 Å². The Labute approximate surface area is 179 Å². The molecule has 8 nitrogen and oxygen atoms in total. The normalized spacial score (nSPS) is 14.8. The van der Waals surface area contributed by atoms with E-state index in [0.29, 0.717) is 31.5 Å². The Kier molecular flexibility index (Phi) is 5.72. The van der Waals surface area contributed by atoms with Crippen LogP contribution in [0, 0.1) is 19.8 Å². The number of hydrogen-bond acceptors (Lipinski definition) is 5. The molecule has 0 aliphatic carbocycles. The quantitative estimate of drug-likeness (QED) is 0.679. The SMILES string of the molecule is CCn1cc(NC(=O)C2CCN(C(=O)c3cc(C)n(-c4nccs4)c3C)CC2)cn1. The maximum atomic E-state index is 13.1. The number of amides is 2. The molecule has 1 aliphatic heterocycles. The third-order valence-corrected chi connectivity index (χ3v) is 6.41. The molecular weight excluding hydrogens is 400 g/mol. The molecule has 0 aromatic carbocycles. The number of carbonyl (C=O) groups excluding carboxylic acids is 2. The molecule has 2 amide bonds. The summed E-state index contributed by atoms with van der Waals surface area (Å²) < 4.78 is 3.80. The van der Waals surface area contributed by atoms with Crippen molar-refractivity contribution in [1.82, 2.24) is 24.2 Å². The molecule has 0 unspecified atom stereocenters. The van der Waals surface area contributed by atoms with E-state index >= 15 is 0 Å². The molecule has 1 N–H and O–H groups in total. The first-order chi connectivity index (χ1) is 14.5. The predicted molar refractivity (Wildman–Crippen MR) is 116 cm³/mol. The zero-order valence-electron chi connectivity index (χ0n) is 17.5. The van der Waals surface area contributed by atoms with Gasteiger partial charge in [-0.2, -0.15) is 5.10 Å². The third-order valence-electron chi connectivity index (χ3n) is 5.65. The Morgan fingerprint density at radius 2 is 2.03 bits per heavy atom. The number of aryl methyl sites for hydroxylation is 2. The molecule has 0 atom stereocenters. The van der Waals surface area contributed by atoms with Gasteiger partial charge in [-0.25, -0.2) is 4.98 Å².